The van der Waals surface area contributed by atoms with Gasteiger partial charge in [-0.2, -0.15) is 0 Å². The second kappa shape index (κ2) is 4.27. The van der Waals surface area contributed by atoms with E-state index in [0.29, 0.717) is 17.3 Å². The minimum atomic E-state index is -0.930. The number of nitrogens with zero attached hydrogens (tertiary/aromatic N) is 1. The first-order valence-corrected chi connectivity index (χ1v) is 6.06. The maximum Gasteiger partial charge on any atom is 0.330 e. The molecule has 0 atom stereocenters. The molecule has 1 aromatic heterocycles. The molecule has 2 rings (SSSR count). The minimum absolute atomic E-state index is 0.393. The van der Waals surface area contributed by atoms with Gasteiger partial charge in [0.05, 0.1) is 10.9 Å². The number of hydrogen-bond donors (Lipinski definition) is 3. The highest BCUT2D eigenvalue weighted by Crippen LogP contribution is 2.30. The number of benzene rings is 1. The van der Waals surface area contributed by atoms with E-state index in [1.54, 1.807) is 24.3 Å². The molecule has 17 heavy (non-hydrogen) atoms. The van der Waals surface area contributed by atoms with E-state index in [1.807, 2.05) is 6.92 Å². The second-order valence-electron chi connectivity index (χ2n) is 3.74. The van der Waals surface area contributed by atoms with Gasteiger partial charge in [-0.25, -0.2) is 4.79 Å². The van der Waals surface area contributed by atoms with Crippen molar-refractivity contribution in [3.63, 3.8) is 0 Å². The fraction of sp³-hybridized carbons (Fsp3) is 0.273. The lowest BCUT2D eigenvalue weighted by Gasteiger charge is -2.25. The minimum Gasteiger partial charge on any atom is -0.273 e. The third kappa shape index (κ3) is 2.02. The number of hydrogen-bond acceptors (Lipinski definition) is 4. The predicted octanol–water partition coefficient (Wildman–Crippen LogP) is 1.57. The van der Waals surface area contributed by atoms with Gasteiger partial charge in [-0.3, -0.25) is 14.3 Å². The summed E-state index contributed by atoms with van der Waals surface area (Å²) >= 11 is 8.72. The van der Waals surface area contributed by atoms with Crippen molar-refractivity contribution in [2.75, 3.05) is 0 Å². The Morgan fingerprint density at radius 1 is 1.29 bits per heavy atom. The van der Waals surface area contributed by atoms with E-state index in [9.17, 15) is 9.59 Å². The Kier molecular flexibility index (Phi) is 3.09. The van der Waals surface area contributed by atoms with Gasteiger partial charge in [0.25, 0.3) is 5.56 Å². The molecular weight excluding hydrogens is 256 g/mol. The lowest BCUT2D eigenvalue weighted by molar-refractivity contribution is 0.596. The summed E-state index contributed by atoms with van der Waals surface area (Å²) in [6.07, 6.45) is 0.537. The molecule has 0 amide bonds. The van der Waals surface area contributed by atoms with E-state index in [2.05, 4.69) is 30.2 Å². The van der Waals surface area contributed by atoms with E-state index in [-0.39, 0.29) is 0 Å². The predicted molar refractivity (Wildman–Crippen MR) is 75.1 cm³/mol. The van der Waals surface area contributed by atoms with Crippen LogP contribution in [0.3, 0.4) is 0 Å². The fourth-order valence-corrected chi connectivity index (χ4v) is 2.10. The molecule has 4 nitrogen and oxygen atoms in total. The van der Waals surface area contributed by atoms with Crippen molar-refractivity contribution in [1.82, 2.24) is 9.55 Å². The molecule has 0 aliphatic heterocycles. The van der Waals surface area contributed by atoms with Crippen LogP contribution in [0.5, 0.6) is 0 Å². The molecule has 0 unspecified atom stereocenters. The molecule has 1 aromatic carbocycles. The number of aromatic amines is 1. The molecule has 0 aliphatic carbocycles. The summed E-state index contributed by atoms with van der Waals surface area (Å²) in [5.41, 5.74) is -0.357. The van der Waals surface area contributed by atoms with Crippen LogP contribution < -0.4 is 11.2 Å². The molecule has 0 aliphatic rings. The molecule has 0 saturated carbocycles. The van der Waals surface area contributed by atoms with Gasteiger partial charge >= 0.3 is 5.69 Å². The van der Waals surface area contributed by atoms with E-state index in [1.165, 1.54) is 4.57 Å². The molecule has 0 fully saturated rings. The van der Waals surface area contributed by atoms with E-state index >= 15 is 0 Å². The number of para-hydroxylation sites is 1. The van der Waals surface area contributed by atoms with Gasteiger partial charge in [-0.1, -0.05) is 19.1 Å². The highest BCUT2D eigenvalue weighted by atomic mass is 32.2. The van der Waals surface area contributed by atoms with E-state index in [0.717, 1.165) is 0 Å². The summed E-state index contributed by atoms with van der Waals surface area (Å²) in [5, 5.41) is 0.452. The third-order valence-electron chi connectivity index (χ3n) is 2.65. The highest BCUT2D eigenvalue weighted by Gasteiger charge is 2.24. The van der Waals surface area contributed by atoms with Gasteiger partial charge in [-0.15, -0.1) is 25.3 Å². The average molecular weight is 268 g/mol. The van der Waals surface area contributed by atoms with E-state index < -0.39 is 15.5 Å². The molecule has 0 spiro atoms. The number of nitrogens with one attached hydrogen (secondary N) is 1. The van der Waals surface area contributed by atoms with Crippen LogP contribution in [-0.2, 0) is 4.20 Å². The number of H-pyrrole nitrogens is 1. The Balaban J connectivity index is 2.98. The Morgan fingerprint density at radius 3 is 2.59 bits per heavy atom. The fourth-order valence-electron chi connectivity index (χ4n) is 1.70. The molecule has 0 saturated heterocycles. The lowest BCUT2D eigenvalue weighted by Crippen LogP contribution is -2.38. The van der Waals surface area contributed by atoms with Crippen molar-refractivity contribution in [3.05, 3.63) is 45.1 Å². The largest absolute Gasteiger partial charge is 0.330 e. The normalized spacial score (nSPS) is 11.9. The summed E-state index contributed by atoms with van der Waals surface area (Å²) in [5.74, 6) is 0. The highest BCUT2D eigenvalue weighted by molar-refractivity contribution is 7.99. The maximum absolute atomic E-state index is 11.9. The summed E-state index contributed by atoms with van der Waals surface area (Å²) in [7, 11) is 0. The SMILES string of the molecule is CCC(S)(S)n1c(=O)[nH]c(=O)c2ccccc21. The molecule has 90 valence electrons. The topological polar surface area (TPSA) is 54.9 Å². The molecule has 0 radical (unpaired) electrons. The van der Waals surface area contributed by atoms with Gasteiger partial charge < -0.3 is 0 Å². The Hall–Kier alpha value is -1.14. The molecule has 1 N–H and O–H groups in total. The van der Waals surface area contributed by atoms with Crippen molar-refractivity contribution in [2.24, 2.45) is 0 Å². The van der Waals surface area contributed by atoms with Crippen LogP contribution in [0.25, 0.3) is 10.9 Å². The van der Waals surface area contributed by atoms with Crippen LogP contribution in [0.2, 0.25) is 0 Å². The van der Waals surface area contributed by atoms with Crippen molar-refractivity contribution in [1.29, 1.82) is 0 Å². The van der Waals surface area contributed by atoms with Gasteiger partial charge in [0.1, 0.15) is 4.20 Å². The summed E-state index contributed by atoms with van der Waals surface area (Å²) < 4.78 is 0.455. The maximum atomic E-state index is 11.9. The quantitative estimate of drug-likeness (QED) is 0.572. The Labute approximate surface area is 108 Å². The van der Waals surface area contributed by atoms with Crippen LogP contribution in [-0.4, -0.2) is 9.55 Å². The van der Waals surface area contributed by atoms with Crippen molar-refractivity contribution in [2.45, 2.75) is 17.5 Å². The average Bonchev–Trinajstić information content (AvgIpc) is 2.29. The van der Waals surface area contributed by atoms with Gasteiger partial charge in [0.15, 0.2) is 0 Å². The van der Waals surface area contributed by atoms with Crippen LogP contribution >= 0.6 is 25.3 Å². The molecule has 0 bridgehead atoms. The zero-order chi connectivity index (χ0) is 12.6. The molecule has 2 aromatic rings. The zero-order valence-corrected chi connectivity index (χ0v) is 11.0. The van der Waals surface area contributed by atoms with Gasteiger partial charge in [0.2, 0.25) is 0 Å². The first-order chi connectivity index (χ1) is 7.97. The van der Waals surface area contributed by atoms with Crippen LogP contribution in [0.15, 0.2) is 33.9 Å². The second-order valence-corrected chi connectivity index (χ2v) is 5.57. The van der Waals surface area contributed by atoms with Gasteiger partial charge in [0, 0.05) is 0 Å². The number of fused-ring (bicyclic) bond motifs is 1. The van der Waals surface area contributed by atoms with Crippen LogP contribution in [0, 0.1) is 0 Å². The van der Waals surface area contributed by atoms with Crippen LogP contribution in [0.4, 0.5) is 0 Å². The molecular formula is C11H12N2O2S2. The van der Waals surface area contributed by atoms with Crippen molar-refractivity contribution < 1.29 is 0 Å². The first kappa shape index (κ1) is 12.3. The van der Waals surface area contributed by atoms with Gasteiger partial charge in [-0.05, 0) is 18.6 Å². The third-order valence-corrected chi connectivity index (χ3v) is 3.68. The summed E-state index contributed by atoms with van der Waals surface area (Å²) in [4.78, 5) is 25.8. The smallest absolute Gasteiger partial charge is 0.273 e. The number of thiol groups is 2. The Bertz CT molecular complexity index is 673. The monoisotopic (exact) mass is 268 g/mol. The summed E-state index contributed by atoms with van der Waals surface area (Å²) in [6, 6.07) is 6.89. The van der Waals surface area contributed by atoms with Crippen molar-refractivity contribution >= 4 is 36.2 Å². The Morgan fingerprint density at radius 2 is 1.94 bits per heavy atom. The molecule has 6 heteroatoms. The standard InChI is InChI=1S/C11H12N2O2S2/c1-2-11(16,17)13-8-6-4-3-5-7(8)9(14)12-10(13)15/h3-6,16-17H,2H2,1H3,(H,12,14,15). The van der Waals surface area contributed by atoms with E-state index in [4.69, 9.17) is 0 Å². The zero-order valence-electron chi connectivity index (χ0n) is 9.17. The van der Waals surface area contributed by atoms with Crippen LogP contribution in [0.1, 0.15) is 13.3 Å². The first-order valence-electron chi connectivity index (χ1n) is 5.16. The molecule has 1 heterocycles. The number of rotatable bonds is 2. The number of aromatic nitrogens is 2. The summed E-state index contributed by atoms with van der Waals surface area (Å²) in [6.45, 7) is 1.87. The lowest BCUT2D eigenvalue weighted by atomic mass is 10.2. The van der Waals surface area contributed by atoms with Crippen molar-refractivity contribution in [3.8, 4) is 0 Å².